The fourth-order valence-electron chi connectivity index (χ4n) is 3.63. The molecule has 156 valence electrons. The number of hydrazine groups is 1. The van der Waals surface area contributed by atoms with Crippen molar-refractivity contribution in [3.8, 4) is 5.75 Å². The Hall–Kier alpha value is -3.10. The second-order valence-corrected chi connectivity index (χ2v) is 7.79. The summed E-state index contributed by atoms with van der Waals surface area (Å²) in [6.07, 6.45) is 2.85. The van der Waals surface area contributed by atoms with Gasteiger partial charge in [-0.25, -0.2) is 4.79 Å². The molecule has 9 nitrogen and oxygen atoms in total. The van der Waals surface area contributed by atoms with Crippen molar-refractivity contribution in [2.45, 2.75) is 45.1 Å². The van der Waals surface area contributed by atoms with Crippen LogP contribution in [0.5, 0.6) is 5.75 Å². The van der Waals surface area contributed by atoms with E-state index in [4.69, 9.17) is 4.74 Å². The van der Waals surface area contributed by atoms with Crippen LogP contribution >= 0.6 is 0 Å². The Morgan fingerprint density at radius 3 is 2.59 bits per heavy atom. The number of hydrogen-bond acceptors (Lipinski definition) is 5. The van der Waals surface area contributed by atoms with E-state index in [1.807, 2.05) is 19.1 Å². The molecule has 1 aromatic rings. The molecule has 0 atom stereocenters. The lowest BCUT2D eigenvalue weighted by Gasteiger charge is -2.33. The Morgan fingerprint density at radius 1 is 1.21 bits per heavy atom. The molecule has 1 heterocycles. The molecule has 0 unspecified atom stereocenters. The maximum atomic E-state index is 12.7. The van der Waals surface area contributed by atoms with Gasteiger partial charge in [0.15, 0.2) is 6.61 Å². The molecular formula is C20H26N4O5. The molecule has 0 aromatic heterocycles. The Kier molecular flexibility index (Phi) is 6.05. The first kappa shape index (κ1) is 20.6. The molecule has 3 N–H and O–H groups in total. The zero-order valence-corrected chi connectivity index (χ0v) is 16.6. The summed E-state index contributed by atoms with van der Waals surface area (Å²) >= 11 is 0. The van der Waals surface area contributed by atoms with E-state index in [1.165, 1.54) is 0 Å². The van der Waals surface area contributed by atoms with Crippen molar-refractivity contribution >= 4 is 23.8 Å². The number of imide groups is 1. The van der Waals surface area contributed by atoms with E-state index in [-0.39, 0.29) is 12.5 Å². The van der Waals surface area contributed by atoms with Crippen molar-refractivity contribution in [3.63, 3.8) is 0 Å². The third kappa shape index (κ3) is 4.85. The zero-order chi connectivity index (χ0) is 21.0. The summed E-state index contributed by atoms with van der Waals surface area (Å²) in [5, 5.41) is 2.75. The van der Waals surface area contributed by atoms with Gasteiger partial charge in [-0.3, -0.25) is 30.1 Å². The highest BCUT2D eigenvalue weighted by Crippen LogP contribution is 2.36. The number of hydrogen-bond donors (Lipinski definition) is 3. The highest BCUT2D eigenvalue weighted by molar-refractivity contribution is 6.09. The number of nitrogens with zero attached hydrogens (tertiary/aromatic N) is 1. The fourth-order valence-corrected chi connectivity index (χ4v) is 3.63. The number of ether oxygens (including phenoxy) is 1. The number of rotatable bonds is 5. The molecule has 9 heteroatoms. The molecule has 1 aliphatic carbocycles. The molecule has 1 saturated heterocycles. The van der Waals surface area contributed by atoms with Gasteiger partial charge in [-0.05, 0) is 56.2 Å². The number of carbonyl (C=O) groups is 4. The number of aryl methyl sites for hydroxylation is 1. The van der Waals surface area contributed by atoms with Gasteiger partial charge in [-0.15, -0.1) is 0 Å². The third-order valence-corrected chi connectivity index (χ3v) is 5.38. The SMILES string of the molecule is Cc1cccc(OCC(=O)NNC(=O)CN2C(=O)NC3(CCC(C)CC3)C2=O)c1. The molecule has 1 aromatic carbocycles. The highest BCUT2D eigenvalue weighted by atomic mass is 16.5. The molecule has 5 amide bonds. The number of amides is 5. The summed E-state index contributed by atoms with van der Waals surface area (Å²) in [6, 6.07) is 6.64. The molecule has 0 bridgehead atoms. The van der Waals surface area contributed by atoms with Crippen molar-refractivity contribution in [1.29, 1.82) is 0 Å². The van der Waals surface area contributed by atoms with Gasteiger partial charge >= 0.3 is 6.03 Å². The molecule has 1 saturated carbocycles. The predicted octanol–water partition coefficient (Wildman–Crippen LogP) is 1.02. The number of benzene rings is 1. The number of urea groups is 1. The van der Waals surface area contributed by atoms with Crippen molar-refractivity contribution in [3.05, 3.63) is 29.8 Å². The van der Waals surface area contributed by atoms with Crippen LogP contribution in [-0.2, 0) is 14.4 Å². The standard InChI is InChI=1S/C20H26N4O5/c1-13-6-8-20(9-7-13)18(27)24(19(28)21-20)11-16(25)22-23-17(26)12-29-15-5-3-4-14(2)10-15/h3-5,10,13H,6-9,11-12H2,1-2H3,(H,21,28)(H,22,25)(H,23,26). The second-order valence-electron chi connectivity index (χ2n) is 7.79. The molecule has 1 aliphatic heterocycles. The predicted molar refractivity (Wildman–Crippen MR) is 104 cm³/mol. The van der Waals surface area contributed by atoms with Crippen molar-refractivity contribution in [1.82, 2.24) is 21.1 Å². The number of nitrogens with one attached hydrogen (secondary N) is 3. The zero-order valence-electron chi connectivity index (χ0n) is 16.6. The quantitative estimate of drug-likeness (QED) is 0.502. The first-order valence-corrected chi connectivity index (χ1v) is 9.70. The van der Waals surface area contributed by atoms with Crippen molar-refractivity contribution in [2.24, 2.45) is 5.92 Å². The van der Waals surface area contributed by atoms with Crippen LogP contribution in [0.15, 0.2) is 24.3 Å². The van der Waals surface area contributed by atoms with E-state index in [2.05, 4.69) is 23.1 Å². The van der Waals surface area contributed by atoms with Crippen LogP contribution in [0.25, 0.3) is 0 Å². The van der Waals surface area contributed by atoms with Crippen molar-refractivity contribution < 1.29 is 23.9 Å². The maximum absolute atomic E-state index is 12.7. The van der Waals surface area contributed by atoms with Gasteiger partial charge in [0, 0.05) is 0 Å². The molecule has 29 heavy (non-hydrogen) atoms. The average Bonchev–Trinajstić information content (AvgIpc) is 2.91. The minimum Gasteiger partial charge on any atom is -0.484 e. The van der Waals surface area contributed by atoms with Crippen LogP contribution in [0, 0.1) is 12.8 Å². The van der Waals surface area contributed by atoms with E-state index in [9.17, 15) is 19.2 Å². The largest absolute Gasteiger partial charge is 0.484 e. The number of carbonyl (C=O) groups excluding carboxylic acids is 4. The summed E-state index contributed by atoms with van der Waals surface area (Å²) in [5.74, 6) is -0.551. The van der Waals surface area contributed by atoms with E-state index in [0.717, 1.165) is 23.3 Å². The van der Waals surface area contributed by atoms with E-state index in [0.29, 0.717) is 24.5 Å². The van der Waals surface area contributed by atoms with Crippen LogP contribution in [0.4, 0.5) is 4.79 Å². The van der Waals surface area contributed by atoms with E-state index < -0.39 is 29.9 Å². The third-order valence-electron chi connectivity index (χ3n) is 5.38. The summed E-state index contributed by atoms with van der Waals surface area (Å²) in [7, 11) is 0. The van der Waals surface area contributed by atoms with Crippen LogP contribution < -0.4 is 20.9 Å². The van der Waals surface area contributed by atoms with E-state index >= 15 is 0 Å². The second kappa shape index (κ2) is 8.50. The van der Waals surface area contributed by atoms with Crippen LogP contribution in [0.1, 0.15) is 38.2 Å². The summed E-state index contributed by atoms with van der Waals surface area (Å²) in [5.41, 5.74) is 4.52. The first-order chi connectivity index (χ1) is 13.8. The average molecular weight is 402 g/mol. The smallest absolute Gasteiger partial charge is 0.325 e. The van der Waals surface area contributed by atoms with Gasteiger partial charge in [-0.1, -0.05) is 19.1 Å². The van der Waals surface area contributed by atoms with Crippen molar-refractivity contribution in [2.75, 3.05) is 13.2 Å². The summed E-state index contributed by atoms with van der Waals surface area (Å²) in [6.45, 7) is 3.28. The Balaban J connectivity index is 1.45. The monoisotopic (exact) mass is 402 g/mol. The van der Waals surface area contributed by atoms with Crippen LogP contribution in [0.3, 0.4) is 0 Å². The van der Waals surface area contributed by atoms with Gasteiger partial charge in [0.1, 0.15) is 17.8 Å². The van der Waals surface area contributed by atoms with Gasteiger partial charge in [-0.2, -0.15) is 0 Å². The normalized spacial score (nSPS) is 23.7. The van der Waals surface area contributed by atoms with Gasteiger partial charge in [0.2, 0.25) is 0 Å². The van der Waals surface area contributed by atoms with Crippen LogP contribution in [0.2, 0.25) is 0 Å². The molecule has 0 radical (unpaired) electrons. The highest BCUT2D eigenvalue weighted by Gasteiger charge is 2.52. The fraction of sp³-hybridized carbons (Fsp3) is 0.500. The Labute approximate surface area is 169 Å². The Morgan fingerprint density at radius 2 is 1.90 bits per heavy atom. The molecular weight excluding hydrogens is 376 g/mol. The lowest BCUT2D eigenvalue weighted by atomic mass is 9.77. The minimum absolute atomic E-state index is 0.284. The van der Waals surface area contributed by atoms with E-state index in [1.54, 1.807) is 12.1 Å². The topological polar surface area (TPSA) is 117 Å². The molecule has 2 fully saturated rings. The molecule has 3 rings (SSSR count). The Bertz CT molecular complexity index is 817. The lowest BCUT2D eigenvalue weighted by Crippen LogP contribution is -2.51. The van der Waals surface area contributed by atoms with Crippen LogP contribution in [-0.4, -0.2) is 47.3 Å². The molecule has 2 aliphatic rings. The maximum Gasteiger partial charge on any atom is 0.325 e. The van der Waals surface area contributed by atoms with Gasteiger partial charge in [0.05, 0.1) is 0 Å². The minimum atomic E-state index is -0.894. The summed E-state index contributed by atoms with van der Waals surface area (Å²) in [4.78, 5) is 49.8. The summed E-state index contributed by atoms with van der Waals surface area (Å²) < 4.78 is 5.34. The first-order valence-electron chi connectivity index (χ1n) is 9.70. The van der Waals surface area contributed by atoms with Gasteiger partial charge < -0.3 is 10.1 Å². The van der Waals surface area contributed by atoms with Gasteiger partial charge in [0.25, 0.3) is 17.7 Å². The molecule has 1 spiro atoms. The lowest BCUT2D eigenvalue weighted by molar-refractivity contribution is -0.137.